The average Bonchev–Trinajstić information content (AvgIpc) is 3.66. The molecular formula is C25H22N6O5S2. The van der Waals surface area contributed by atoms with Gasteiger partial charge in [-0.3, -0.25) is 14.9 Å². The fourth-order valence-electron chi connectivity index (χ4n) is 3.78. The van der Waals surface area contributed by atoms with Crippen LogP contribution < -0.4 is 15.8 Å². The van der Waals surface area contributed by atoms with E-state index in [0.29, 0.717) is 32.9 Å². The van der Waals surface area contributed by atoms with Gasteiger partial charge in [-0.1, -0.05) is 30.3 Å². The quantitative estimate of drug-likeness (QED) is 0.222. The van der Waals surface area contributed by atoms with E-state index in [4.69, 9.17) is 9.56 Å². The SMILES string of the molecule is NS(=O)(=O)CCn1c(NC(=O)c2ccc(-c3cnco3)s2)nc2cc(NCC(=O)c3ccccc3)ccc21. The van der Waals surface area contributed by atoms with Crippen molar-refractivity contribution in [1.82, 2.24) is 14.5 Å². The first kappa shape index (κ1) is 25.3. The summed E-state index contributed by atoms with van der Waals surface area (Å²) in [6.45, 7) is 0.0646. The van der Waals surface area contributed by atoms with Crippen molar-refractivity contribution < 1.29 is 22.4 Å². The summed E-state index contributed by atoms with van der Waals surface area (Å²) in [6, 6.07) is 17.6. The Balaban J connectivity index is 1.39. The lowest BCUT2D eigenvalue weighted by molar-refractivity contribution is 0.100. The van der Waals surface area contributed by atoms with Gasteiger partial charge in [-0.2, -0.15) is 0 Å². The van der Waals surface area contributed by atoms with Gasteiger partial charge < -0.3 is 14.3 Å². The maximum absolute atomic E-state index is 13.0. The summed E-state index contributed by atoms with van der Waals surface area (Å²) in [7, 11) is -3.77. The van der Waals surface area contributed by atoms with Crippen LogP contribution in [0.2, 0.25) is 0 Å². The molecule has 0 aliphatic heterocycles. The number of nitrogens with two attached hydrogens (primary N) is 1. The number of primary sulfonamides is 1. The highest BCUT2D eigenvalue weighted by molar-refractivity contribution is 7.89. The zero-order valence-electron chi connectivity index (χ0n) is 19.8. The summed E-state index contributed by atoms with van der Waals surface area (Å²) in [6.07, 6.45) is 2.86. The molecule has 0 aliphatic rings. The maximum Gasteiger partial charge on any atom is 0.268 e. The highest BCUT2D eigenvalue weighted by atomic mass is 32.2. The van der Waals surface area contributed by atoms with Gasteiger partial charge >= 0.3 is 0 Å². The number of carbonyl (C=O) groups excluding carboxylic acids is 2. The molecule has 0 fully saturated rings. The molecule has 0 unspecified atom stereocenters. The van der Waals surface area contributed by atoms with Crippen LogP contribution in [0.3, 0.4) is 0 Å². The lowest BCUT2D eigenvalue weighted by Crippen LogP contribution is -2.22. The number of imidazole rings is 1. The van der Waals surface area contributed by atoms with Gasteiger partial charge in [0.1, 0.15) is 0 Å². The van der Waals surface area contributed by atoms with Gasteiger partial charge in [-0.15, -0.1) is 11.3 Å². The van der Waals surface area contributed by atoms with Crippen LogP contribution in [0.4, 0.5) is 11.6 Å². The van der Waals surface area contributed by atoms with E-state index in [2.05, 4.69) is 20.6 Å². The Morgan fingerprint density at radius 2 is 1.89 bits per heavy atom. The van der Waals surface area contributed by atoms with Crippen molar-refractivity contribution in [2.75, 3.05) is 22.9 Å². The number of hydrogen-bond donors (Lipinski definition) is 3. The number of Topliss-reactive ketones (excluding diaryl/α,β-unsaturated/α-hetero) is 1. The second-order valence-corrected chi connectivity index (χ2v) is 11.1. The van der Waals surface area contributed by atoms with E-state index in [0.717, 1.165) is 4.88 Å². The van der Waals surface area contributed by atoms with Crippen molar-refractivity contribution in [3.8, 4) is 10.6 Å². The number of hydrogen-bond acceptors (Lipinski definition) is 9. The van der Waals surface area contributed by atoms with Crippen LogP contribution in [0.15, 0.2) is 77.7 Å². The Kier molecular flexibility index (Phi) is 7.05. The monoisotopic (exact) mass is 550 g/mol. The fourth-order valence-corrected chi connectivity index (χ4v) is 5.07. The number of anilines is 2. The van der Waals surface area contributed by atoms with Crippen LogP contribution in [0.1, 0.15) is 20.0 Å². The van der Waals surface area contributed by atoms with Gasteiger partial charge in [0, 0.05) is 17.8 Å². The van der Waals surface area contributed by atoms with E-state index in [1.807, 2.05) is 6.07 Å². The Bertz CT molecular complexity index is 1710. The molecule has 0 atom stereocenters. The van der Waals surface area contributed by atoms with Crippen LogP contribution in [0, 0.1) is 0 Å². The Morgan fingerprint density at radius 1 is 1.08 bits per heavy atom. The number of benzene rings is 2. The first-order valence-corrected chi connectivity index (χ1v) is 13.9. The standard InChI is InChI=1S/C25H22N6O5S2/c26-38(34,35)11-10-31-19-7-6-17(28-13-20(32)16-4-2-1-3-5-16)12-18(19)29-25(31)30-24(33)23-9-8-22(37-23)21-14-27-15-36-21/h1-9,12,14-15,28H,10-11,13H2,(H2,26,34,35)(H,29,30,33). The van der Waals surface area contributed by atoms with Gasteiger partial charge in [-0.25, -0.2) is 23.5 Å². The molecule has 0 saturated carbocycles. The van der Waals surface area contributed by atoms with E-state index in [1.165, 1.54) is 17.7 Å². The van der Waals surface area contributed by atoms with Crippen molar-refractivity contribution in [3.05, 3.63) is 83.7 Å². The number of ketones is 1. The Labute approximate surface area is 221 Å². The topological polar surface area (TPSA) is 162 Å². The Hall–Kier alpha value is -4.33. The smallest absolute Gasteiger partial charge is 0.268 e. The van der Waals surface area contributed by atoms with E-state index in [1.54, 1.807) is 65.4 Å². The van der Waals surface area contributed by atoms with E-state index in [9.17, 15) is 18.0 Å². The lowest BCUT2D eigenvalue weighted by Gasteiger charge is -2.09. The van der Waals surface area contributed by atoms with Gasteiger partial charge in [0.2, 0.25) is 16.0 Å². The molecule has 4 N–H and O–H groups in total. The van der Waals surface area contributed by atoms with Crippen LogP contribution in [-0.2, 0) is 16.6 Å². The molecule has 3 aromatic heterocycles. The molecule has 1 amide bonds. The average molecular weight is 551 g/mol. The number of rotatable bonds is 10. The van der Waals surface area contributed by atoms with E-state index < -0.39 is 15.9 Å². The van der Waals surface area contributed by atoms with Crippen molar-refractivity contribution >= 4 is 55.7 Å². The molecule has 194 valence electrons. The van der Waals surface area contributed by atoms with Crippen molar-refractivity contribution in [2.24, 2.45) is 5.14 Å². The van der Waals surface area contributed by atoms with Gasteiger partial charge in [0.25, 0.3) is 5.91 Å². The molecule has 5 rings (SSSR count). The summed E-state index contributed by atoms with van der Waals surface area (Å²) >= 11 is 1.22. The van der Waals surface area contributed by atoms with Crippen molar-refractivity contribution in [1.29, 1.82) is 0 Å². The molecule has 11 nitrogen and oxygen atoms in total. The number of aryl methyl sites for hydroxylation is 1. The molecule has 5 aromatic rings. The minimum Gasteiger partial charge on any atom is -0.443 e. The number of sulfonamides is 1. The number of aromatic nitrogens is 3. The fraction of sp³-hybridized carbons (Fsp3) is 0.120. The molecule has 0 aliphatic carbocycles. The summed E-state index contributed by atoms with van der Waals surface area (Å²) in [5.41, 5.74) is 2.34. The minimum atomic E-state index is -3.77. The first-order valence-electron chi connectivity index (χ1n) is 11.4. The molecule has 38 heavy (non-hydrogen) atoms. The van der Waals surface area contributed by atoms with Crippen LogP contribution in [-0.4, -0.2) is 46.9 Å². The number of carbonyl (C=O) groups is 2. The van der Waals surface area contributed by atoms with Crippen molar-refractivity contribution in [2.45, 2.75) is 6.54 Å². The van der Waals surface area contributed by atoms with Crippen LogP contribution in [0.5, 0.6) is 0 Å². The predicted octanol–water partition coefficient (Wildman–Crippen LogP) is 3.59. The van der Waals surface area contributed by atoms with Crippen molar-refractivity contribution in [3.63, 3.8) is 0 Å². The summed E-state index contributed by atoms with van der Waals surface area (Å²) < 4.78 is 30.2. The predicted molar refractivity (Wildman–Crippen MR) is 145 cm³/mol. The highest BCUT2D eigenvalue weighted by Gasteiger charge is 2.18. The zero-order chi connectivity index (χ0) is 26.7. The summed E-state index contributed by atoms with van der Waals surface area (Å²) in [4.78, 5) is 35.0. The molecule has 13 heteroatoms. The maximum atomic E-state index is 13.0. The molecule has 0 bridgehead atoms. The highest BCUT2D eigenvalue weighted by Crippen LogP contribution is 2.29. The van der Waals surface area contributed by atoms with Crippen LogP contribution in [0.25, 0.3) is 21.7 Å². The van der Waals surface area contributed by atoms with Crippen LogP contribution >= 0.6 is 11.3 Å². The molecule has 0 radical (unpaired) electrons. The third kappa shape index (κ3) is 5.80. The number of thiophene rings is 1. The summed E-state index contributed by atoms with van der Waals surface area (Å²) in [5, 5.41) is 11.1. The molecule has 0 saturated heterocycles. The molecule has 0 spiro atoms. The minimum absolute atomic E-state index is 0.0159. The summed E-state index contributed by atoms with van der Waals surface area (Å²) in [5.74, 6) is -0.125. The second-order valence-electron chi connectivity index (χ2n) is 8.28. The van der Waals surface area contributed by atoms with Gasteiger partial charge in [0.05, 0.1) is 39.3 Å². The van der Waals surface area contributed by atoms with Gasteiger partial charge in [-0.05, 0) is 30.3 Å². The molecule has 3 heterocycles. The largest absolute Gasteiger partial charge is 0.443 e. The number of oxazole rings is 1. The molecular weight excluding hydrogens is 528 g/mol. The zero-order valence-corrected chi connectivity index (χ0v) is 21.5. The first-order chi connectivity index (χ1) is 18.3. The second kappa shape index (κ2) is 10.6. The number of nitrogens with zero attached hydrogens (tertiary/aromatic N) is 3. The third-order valence-electron chi connectivity index (χ3n) is 5.63. The molecule has 2 aromatic carbocycles. The number of fused-ring (bicyclic) bond motifs is 1. The van der Waals surface area contributed by atoms with E-state index >= 15 is 0 Å². The Morgan fingerprint density at radius 3 is 2.63 bits per heavy atom. The lowest BCUT2D eigenvalue weighted by atomic mass is 10.1. The van der Waals surface area contributed by atoms with E-state index in [-0.39, 0.29) is 30.6 Å². The number of nitrogens with one attached hydrogen (secondary N) is 2. The van der Waals surface area contributed by atoms with Gasteiger partial charge in [0.15, 0.2) is 17.9 Å². The number of amides is 1. The normalized spacial score (nSPS) is 11.5. The third-order valence-corrected chi connectivity index (χ3v) is 7.48.